The fraction of sp³-hybridized carbons (Fsp3) is 0.375. The zero-order chi connectivity index (χ0) is 17.3. The molecule has 1 aromatic heterocycles. The van der Waals surface area contributed by atoms with E-state index in [0.29, 0.717) is 11.6 Å². The molecule has 0 bridgehead atoms. The smallest absolute Gasteiger partial charge is 0.392 e. The monoisotopic (exact) mass is 338 g/mol. The van der Waals surface area contributed by atoms with Gasteiger partial charge in [-0.3, -0.25) is 4.90 Å². The number of halogens is 3. The summed E-state index contributed by atoms with van der Waals surface area (Å²) in [7, 11) is 0. The summed E-state index contributed by atoms with van der Waals surface area (Å²) in [4.78, 5) is 9.93. The molecule has 1 aliphatic heterocycles. The summed E-state index contributed by atoms with van der Waals surface area (Å²) in [5.74, 6) is 0.713. The zero-order valence-electron chi connectivity index (χ0n) is 12.7. The fourth-order valence-corrected chi connectivity index (χ4v) is 3.10. The van der Waals surface area contributed by atoms with Gasteiger partial charge in [-0.25, -0.2) is 9.97 Å². The number of aromatic nitrogens is 2. The van der Waals surface area contributed by atoms with Gasteiger partial charge >= 0.3 is 6.18 Å². The van der Waals surface area contributed by atoms with Crippen LogP contribution in [0.2, 0.25) is 0 Å². The molecule has 128 valence electrons. The first-order chi connectivity index (χ1) is 11.3. The van der Waals surface area contributed by atoms with E-state index in [9.17, 15) is 18.3 Å². The van der Waals surface area contributed by atoms with Crippen LogP contribution in [-0.4, -0.2) is 32.6 Å². The first kappa shape index (κ1) is 16.7. The zero-order valence-corrected chi connectivity index (χ0v) is 12.7. The number of aliphatic hydroxyl groups excluding tert-OH is 1. The van der Waals surface area contributed by atoms with Crippen molar-refractivity contribution in [2.24, 2.45) is 0 Å². The molecule has 1 aliphatic rings. The lowest BCUT2D eigenvalue weighted by Crippen LogP contribution is -2.27. The molecule has 3 N–H and O–H groups in total. The third kappa shape index (κ3) is 3.49. The Kier molecular flexibility index (Phi) is 4.42. The molecule has 0 aliphatic carbocycles. The minimum Gasteiger partial charge on any atom is -0.392 e. The molecule has 1 saturated heterocycles. The van der Waals surface area contributed by atoms with Gasteiger partial charge in [0.15, 0.2) is 0 Å². The highest BCUT2D eigenvalue weighted by Gasteiger charge is 2.39. The van der Waals surface area contributed by atoms with Crippen LogP contribution >= 0.6 is 0 Å². The summed E-state index contributed by atoms with van der Waals surface area (Å²) in [6.07, 6.45) is -3.40. The van der Waals surface area contributed by atoms with E-state index in [4.69, 9.17) is 5.73 Å². The number of benzene rings is 1. The molecule has 0 saturated carbocycles. The molecule has 3 rings (SSSR count). The Bertz CT molecular complexity index is 722. The van der Waals surface area contributed by atoms with Gasteiger partial charge in [-0.2, -0.15) is 13.2 Å². The lowest BCUT2D eigenvalue weighted by Gasteiger charge is -2.26. The average molecular weight is 338 g/mol. The maximum absolute atomic E-state index is 13.3. The topological polar surface area (TPSA) is 75.3 Å². The summed E-state index contributed by atoms with van der Waals surface area (Å²) in [6, 6.07) is 6.45. The molecule has 1 aromatic carbocycles. The number of anilines is 1. The number of aliphatic hydroxyl groups is 1. The quantitative estimate of drug-likeness (QED) is 0.899. The highest BCUT2D eigenvalue weighted by Crippen LogP contribution is 2.40. The summed E-state index contributed by atoms with van der Waals surface area (Å²) >= 11 is 0. The Morgan fingerprint density at radius 3 is 2.71 bits per heavy atom. The first-order valence-electron chi connectivity index (χ1n) is 7.50. The van der Waals surface area contributed by atoms with Crippen LogP contribution in [0.4, 0.5) is 19.0 Å². The number of alkyl halides is 3. The Hall–Kier alpha value is -2.19. The van der Waals surface area contributed by atoms with Crippen molar-refractivity contribution in [2.45, 2.75) is 31.3 Å². The van der Waals surface area contributed by atoms with Crippen LogP contribution in [0, 0.1) is 0 Å². The largest absolute Gasteiger partial charge is 0.416 e. The van der Waals surface area contributed by atoms with E-state index in [-0.39, 0.29) is 25.1 Å². The van der Waals surface area contributed by atoms with Crippen LogP contribution in [0.1, 0.15) is 29.4 Å². The molecule has 1 fully saturated rings. The second-order valence-electron chi connectivity index (χ2n) is 5.82. The molecule has 2 aromatic rings. The van der Waals surface area contributed by atoms with E-state index in [1.807, 2.05) is 0 Å². The normalized spacial score (nSPS) is 22.0. The third-order valence-electron chi connectivity index (χ3n) is 4.08. The number of β-amino-alcohol motifs (C(OH)–C–C–N with tert-alkyl or cyclic N) is 1. The SMILES string of the molecule is Nc1ccnc(CN2CC(O)CC2c2ccccc2C(F)(F)F)n1. The number of likely N-dealkylation sites (tertiary alicyclic amines) is 1. The van der Waals surface area contributed by atoms with Crippen molar-refractivity contribution in [1.29, 1.82) is 0 Å². The molecule has 2 unspecified atom stereocenters. The van der Waals surface area contributed by atoms with Gasteiger partial charge in [-0.15, -0.1) is 0 Å². The van der Waals surface area contributed by atoms with Crippen LogP contribution in [0.3, 0.4) is 0 Å². The molecule has 5 nitrogen and oxygen atoms in total. The van der Waals surface area contributed by atoms with Gasteiger partial charge in [-0.1, -0.05) is 18.2 Å². The van der Waals surface area contributed by atoms with Gasteiger partial charge in [0.05, 0.1) is 18.2 Å². The Morgan fingerprint density at radius 1 is 1.25 bits per heavy atom. The fourth-order valence-electron chi connectivity index (χ4n) is 3.10. The van der Waals surface area contributed by atoms with E-state index in [1.54, 1.807) is 17.0 Å². The van der Waals surface area contributed by atoms with E-state index < -0.39 is 23.9 Å². The van der Waals surface area contributed by atoms with Crippen LogP contribution in [-0.2, 0) is 12.7 Å². The predicted octanol–water partition coefficient (Wildman–Crippen LogP) is 2.39. The highest BCUT2D eigenvalue weighted by molar-refractivity contribution is 5.33. The second-order valence-corrected chi connectivity index (χ2v) is 5.82. The average Bonchev–Trinajstić information content (AvgIpc) is 2.87. The summed E-state index contributed by atoms with van der Waals surface area (Å²) < 4.78 is 39.9. The molecule has 2 atom stereocenters. The van der Waals surface area contributed by atoms with Crippen LogP contribution < -0.4 is 5.73 Å². The van der Waals surface area contributed by atoms with E-state index >= 15 is 0 Å². The van der Waals surface area contributed by atoms with Crippen molar-refractivity contribution in [3.63, 3.8) is 0 Å². The molecular weight excluding hydrogens is 321 g/mol. The van der Waals surface area contributed by atoms with E-state index in [2.05, 4.69) is 9.97 Å². The van der Waals surface area contributed by atoms with Crippen molar-refractivity contribution < 1.29 is 18.3 Å². The van der Waals surface area contributed by atoms with Crippen LogP contribution in [0.25, 0.3) is 0 Å². The van der Waals surface area contributed by atoms with E-state index in [0.717, 1.165) is 6.07 Å². The third-order valence-corrected chi connectivity index (χ3v) is 4.08. The molecule has 8 heteroatoms. The van der Waals surface area contributed by atoms with Gasteiger partial charge < -0.3 is 10.8 Å². The van der Waals surface area contributed by atoms with Gasteiger partial charge in [0.2, 0.25) is 0 Å². The van der Waals surface area contributed by atoms with Gasteiger partial charge in [0, 0.05) is 18.8 Å². The Balaban J connectivity index is 1.92. The number of nitrogen functional groups attached to an aromatic ring is 1. The lowest BCUT2D eigenvalue weighted by atomic mass is 9.97. The maximum atomic E-state index is 13.3. The summed E-state index contributed by atoms with van der Waals surface area (Å²) in [6.45, 7) is 0.480. The molecule has 24 heavy (non-hydrogen) atoms. The van der Waals surface area contributed by atoms with Crippen molar-refractivity contribution in [3.05, 3.63) is 53.5 Å². The summed E-state index contributed by atoms with van der Waals surface area (Å²) in [5.41, 5.74) is 5.10. The van der Waals surface area contributed by atoms with Gasteiger partial charge in [0.1, 0.15) is 11.6 Å². The highest BCUT2D eigenvalue weighted by atomic mass is 19.4. The van der Waals surface area contributed by atoms with Crippen LogP contribution in [0.15, 0.2) is 36.5 Å². The standard InChI is InChI=1S/C16H17F3N4O/c17-16(18,19)12-4-2-1-3-11(12)13-7-10(24)8-23(13)9-15-21-6-5-14(20)22-15/h1-6,10,13,24H,7-9H2,(H2,20,21,22). The number of nitrogens with zero attached hydrogens (tertiary/aromatic N) is 3. The van der Waals surface area contributed by atoms with E-state index in [1.165, 1.54) is 18.3 Å². The number of nitrogens with two attached hydrogens (primary N) is 1. The second kappa shape index (κ2) is 6.37. The predicted molar refractivity (Wildman–Crippen MR) is 81.7 cm³/mol. The Labute approximate surface area is 137 Å². The minimum atomic E-state index is -4.44. The molecule has 0 radical (unpaired) electrons. The molecular formula is C16H17F3N4O. The van der Waals surface area contributed by atoms with Crippen LogP contribution in [0.5, 0.6) is 0 Å². The minimum absolute atomic E-state index is 0.158. The Morgan fingerprint density at radius 2 is 2.00 bits per heavy atom. The van der Waals surface area contributed by atoms with Crippen molar-refractivity contribution in [3.8, 4) is 0 Å². The molecule has 0 amide bonds. The maximum Gasteiger partial charge on any atom is 0.416 e. The number of rotatable bonds is 3. The summed E-state index contributed by atoms with van der Waals surface area (Å²) in [5, 5.41) is 9.97. The van der Waals surface area contributed by atoms with Gasteiger partial charge in [0.25, 0.3) is 0 Å². The number of hydrogen-bond donors (Lipinski definition) is 2. The first-order valence-corrected chi connectivity index (χ1v) is 7.50. The molecule has 2 heterocycles. The van der Waals surface area contributed by atoms with Gasteiger partial charge in [-0.05, 0) is 24.1 Å². The lowest BCUT2D eigenvalue weighted by molar-refractivity contribution is -0.138. The van der Waals surface area contributed by atoms with Crippen molar-refractivity contribution in [2.75, 3.05) is 12.3 Å². The van der Waals surface area contributed by atoms with Crippen molar-refractivity contribution in [1.82, 2.24) is 14.9 Å². The molecule has 0 spiro atoms. The van der Waals surface area contributed by atoms with Crippen molar-refractivity contribution >= 4 is 5.82 Å². The number of hydrogen-bond acceptors (Lipinski definition) is 5.